The summed E-state index contributed by atoms with van der Waals surface area (Å²) in [6.07, 6.45) is 1.39. The quantitative estimate of drug-likeness (QED) is 0.821. The number of anilines is 2. The van der Waals surface area contributed by atoms with Crippen molar-refractivity contribution in [3.05, 3.63) is 24.3 Å². The molecular weight excluding hydrogens is 298 g/mol. The molecule has 124 valence electrons. The Labute approximate surface area is 134 Å². The Morgan fingerprint density at radius 3 is 2.78 bits per heavy atom. The molecule has 0 spiro atoms. The zero-order valence-corrected chi connectivity index (χ0v) is 13.3. The summed E-state index contributed by atoms with van der Waals surface area (Å²) in [7, 11) is 1.58. The third-order valence-corrected chi connectivity index (χ3v) is 3.93. The number of likely N-dealkylation sites (N-methyl/N-ethyl adjacent to an activating group) is 1. The highest BCUT2D eigenvalue weighted by atomic mass is 16.4. The predicted molar refractivity (Wildman–Crippen MR) is 86.4 cm³/mol. The van der Waals surface area contributed by atoms with E-state index in [1.54, 1.807) is 30.1 Å². The van der Waals surface area contributed by atoms with Gasteiger partial charge in [-0.05, 0) is 38.6 Å². The number of rotatable bonds is 6. The van der Waals surface area contributed by atoms with Gasteiger partial charge in [0.15, 0.2) is 0 Å². The maximum Gasteiger partial charge on any atom is 0.320 e. The maximum atomic E-state index is 12.0. The highest BCUT2D eigenvalue weighted by molar-refractivity contribution is 5.97. The van der Waals surface area contributed by atoms with E-state index >= 15 is 0 Å². The summed E-state index contributed by atoms with van der Waals surface area (Å²) in [4.78, 5) is 37.8. The van der Waals surface area contributed by atoms with Gasteiger partial charge >= 0.3 is 5.97 Å². The molecule has 2 amide bonds. The lowest BCUT2D eigenvalue weighted by atomic mass is 10.2. The largest absolute Gasteiger partial charge is 0.480 e. The minimum atomic E-state index is -0.977. The molecule has 1 heterocycles. The molecular formula is C16H21N3O4. The summed E-state index contributed by atoms with van der Waals surface area (Å²) >= 11 is 0. The van der Waals surface area contributed by atoms with E-state index < -0.39 is 12.0 Å². The molecule has 0 aromatic heterocycles. The summed E-state index contributed by atoms with van der Waals surface area (Å²) in [5, 5.41) is 11.7. The van der Waals surface area contributed by atoms with Crippen LogP contribution >= 0.6 is 0 Å². The van der Waals surface area contributed by atoms with E-state index in [1.807, 2.05) is 6.07 Å². The summed E-state index contributed by atoms with van der Waals surface area (Å²) in [5.74, 6) is -1.19. The zero-order valence-electron chi connectivity index (χ0n) is 13.3. The van der Waals surface area contributed by atoms with Crippen molar-refractivity contribution in [1.29, 1.82) is 0 Å². The first-order valence-electron chi connectivity index (χ1n) is 7.52. The fraction of sp³-hybridized carbons (Fsp3) is 0.438. The van der Waals surface area contributed by atoms with Crippen molar-refractivity contribution in [2.24, 2.45) is 0 Å². The number of nitrogens with one attached hydrogen (secondary N) is 1. The smallest absolute Gasteiger partial charge is 0.320 e. The second kappa shape index (κ2) is 7.23. The molecule has 0 aliphatic carbocycles. The number of carbonyl (C=O) groups excluding carboxylic acids is 2. The van der Waals surface area contributed by atoms with Crippen LogP contribution in [0.5, 0.6) is 0 Å². The molecule has 2 rings (SSSR count). The third-order valence-electron chi connectivity index (χ3n) is 3.93. The lowest BCUT2D eigenvalue weighted by molar-refractivity contribution is -0.142. The summed E-state index contributed by atoms with van der Waals surface area (Å²) in [6, 6.07) is 6.36. The van der Waals surface area contributed by atoms with Crippen molar-refractivity contribution in [3.8, 4) is 0 Å². The van der Waals surface area contributed by atoms with Gasteiger partial charge in [-0.3, -0.25) is 19.3 Å². The molecule has 1 fully saturated rings. The van der Waals surface area contributed by atoms with Crippen LogP contribution < -0.4 is 10.2 Å². The van der Waals surface area contributed by atoms with E-state index in [4.69, 9.17) is 5.11 Å². The minimum absolute atomic E-state index is 0.0274. The number of benzene rings is 1. The Balaban J connectivity index is 1.99. The molecule has 1 saturated heterocycles. The molecule has 1 atom stereocenters. The van der Waals surface area contributed by atoms with Crippen LogP contribution in [0.25, 0.3) is 0 Å². The van der Waals surface area contributed by atoms with E-state index in [-0.39, 0.29) is 18.4 Å². The highest BCUT2D eigenvalue weighted by Crippen LogP contribution is 2.24. The molecule has 0 radical (unpaired) electrons. The Morgan fingerprint density at radius 2 is 2.17 bits per heavy atom. The van der Waals surface area contributed by atoms with Gasteiger partial charge in [0.05, 0.1) is 6.54 Å². The monoisotopic (exact) mass is 319 g/mol. The molecule has 2 N–H and O–H groups in total. The molecule has 7 nitrogen and oxygen atoms in total. The number of hydrogen-bond donors (Lipinski definition) is 2. The fourth-order valence-electron chi connectivity index (χ4n) is 2.43. The maximum absolute atomic E-state index is 12.0. The molecule has 7 heteroatoms. The molecule has 1 aliphatic rings. The minimum Gasteiger partial charge on any atom is -0.480 e. The SMILES string of the molecule is CC(C(=O)O)N(C)CC(=O)Nc1cccc(N2CCCC2=O)c1. The molecule has 0 bridgehead atoms. The molecule has 1 aromatic carbocycles. The van der Waals surface area contributed by atoms with E-state index in [2.05, 4.69) is 5.32 Å². The van der Waals surface area contributed by atoms with Crippen molar-refractivity contribution < 1.29 is 19.5 Å². The van der Waals surface area contributed by atoms with Crippen LogP contribution in [0.3, 0.4) is 0 Å². The van der Waals surface area contributed by atoms with E-state index in [0.29, 0.717) is 18.7 Å². The number of aliphatic carboxylic acids is 1. The van der Waals surface area contributed by atoms with E-state index in [1.165, 1.54) is 11.8 Å². The summed E-state index contributed by atoms with van der Waals surface area (Å²) < 4.78 is 0. The molecule has 0 saturated carbocycles. The first-order valence-corrected chi connectivity index (χ1v) is 7.52. The second-order valence-electron chi connectivity index (χ2n) is 5.68. The van der Waals surface area contributed by atoms with Gasteiger partial charge in [-0.15, -0.1) is 0 Å². The van der Waals surface area contributed by atoms with Gasteiger partial charge in [-0.2, -0.15) is 0 Å². The molecule has 23 heavy (non-hydrogen) atoms. The number of carboxylic acids is 1. The average molecular weight is 319 g/mol. The van der Waals surface area contributed by atoms with Gasteiger partial charge in [-0.1, -0.05) is 6.07 Å². The molecule has 1 unspecified atom stereocenters. The summed E-state index contributed by atoms with van der Waals surface area (Å²) in [6.45, 7) is 2.19. The van der Waals surface area contributed by atoms with Gasteiger partial charge < -0.3 is 15.3 Å². The molecule has 1 aliphatic heterocycles. The van der Waals surface area contributed by atoms with Crippen molar-refractivity contribution in [2.75, 3.05) is 30.4 Å². The van der Waals surface area contributed by atoms with E-state index in [9.17, 15) is 14.4 Å². The van der Waals surface area contributed by atoms with Gasteiger partial charge in [0.2, 0.25) is 11.8 Å². The van der Waals surface area contributed by atoms with Crippen LogP contribution in [-0.4, -0.2) is 54.0 Å². The third kappa shape index (κ3) is 4.29. The molecule has 1 aromatic rings. The van der Waals surface area contributed by atoms with Crippen LogP contribution in [-0.2, 0) is 14.4 Å². The Bertz CT molecular complexity index is 617. The number of hydrogen-bond acceptors (Lipinski definition) is 4. The van der Waals surface area contributed by atoms with Crippen LogP contribution in [0.15, 0.2) is 24.3 Å². The number of nitrogens with zero attached hydrogens (tertiary/aromatic N) is 2. The number of carbonyl (C=O) groups is 3. The van der Waals surface area contributed by atoms with Crippen molar-refractivity contribution in [3.63, 3.8) is 0 Å². The second-order valence-corrected chi connectivity index (χ2v) is 5.68. The van der Waals surface area contributed by atoms with Gasteiger partial charge in [0.25, 0.3) is 0 Å². The average Bonchev–Trinajstić information content (AvgIpc) is 2.92. The van der Waals surface area contributed by atoms with Gasteiger partial charge in [0.1, 0.15) is 6.04 Å². The lowest BCUT2D eigenvalue weighted by Gasteiger charge is -2.21. The van der Waals surface area contributed by atoms with Crippen LogP contribution in [0.4, 0.5) is 11.4 Å². The number of carboxylic acid groups (broad SMARTS) is 1. The Morgan fingerprint density at radius 1 is 1.43 bits per heavy atom. The first-order chi connectivity index (χ1) is 10.9. The van der Waals surface area contributed by atoms with Crippen molar-refractivity contribution >= 4 is 29.2 Å². The highest BCUT2D eigenvalue weighted by Gasteiger charge is 2.22. The van der Waals surface area contributed by atoms with Crippen LogP contribution in [0.1, 0.15) is 19.8 Å². The normalized spacial score (nSPS) is 15.8. The summed E-state index contributed by atoms with van der Waals surface area (Å²) in [5.41, 5.74) is 1.35. The Kier molecular flexibility index (Phi) is 5.33. The van der Waals surface area contributed by atoms with Crippen molar-refractivity contribution in [2.45, 2.75) is 25.8 Å². The van der Waals surface area contributed by atoms with E-state index in [0.717, 1.165) is 12.1 Å². The van der Waals surface area contributed by atoms with Gasteiger partial charge in [-0.25, -0.2) is 0 Å². The van der Waals surface area contributed by atoms with Crippen molar-refractivity contribution in [1.82, 2.24) is 4.90 Å². The zero-order chi connectivity index (χ0) is 17.0. The topological polar surface area (TPSA) is 89.9 Å². The van der Waals surface area contributed by atoms with Gasteiger partial charge in [0, 0.05) is 24.3 Å². The lowest BCUT2D eigenvalue weighted by Crippen LogP contribution is -2.40. The van der Waals surface area contributed by atoms with Crippen LogP contribution in [0.2, 0.25) is 0 Å². The predicted octanol–water partition coefficient (Wildman–Crippen LogP) is 1.16. The first kappa shape index (κ1) is 17.0. The Hall–Kier alpha value is -2.41. The number of amides is 2. The van der Waals surface area contributed by atoms with Crippen LogP contribution in [0, 0.1) is 0 Å². The fourth-order valence-corrected chi connectivity index (χ4v) is 2.43. The standard InChI is InChI=1S/C16H21N3O4/c1-11(16(22)23)18(2)10-14(20)17-12-5-3-6-13(9-12)19-8-4-7-15(19)21/h3,5-6,9,11H,4,7-8,10H2,1-2H3,(H,17,20)(H,22,23).